The van der Waals surface area contributed by atoms with Crippen LogP contribution in [0, 0.1) is 13.8 Å². The maximum absolute atomic E-state index is 12.9. The van der Waals surface area contributed by atoms with Gasteiger partial charge in [0.1, 0.15) is 11.5 Å². The standard InChI is InChI=1S/C28H38N4O3/c1-18(2)25-14-24(20(4)13-27(25)35-10)15-28(33)31(8)30-22(6)19(3)11-12-26(23(7)34-9)32-16-21(5)29-17-32/h11-14,16-18,30H,3,6,15H2,1-2,4-5,7-10H3/b12-11-,26-23-. The summed E-state index contributed by atoms with van der Waals surface area (Å²) >= 11 is 0. The molecule has 35 heavy (non-hydrogen) atoms. The Bertz CT molecular complexity index is 1150. The lowest BCUT2D eigenvalue weighted by molar-refractivity contribution is -0.131. The first-order chi connectivity index (χ1) is 16.5. The Morgan fingerprint density at radius 2 is 1.91 bits per heavy atom. The number of likely N-dealkylation sites (N-methyl/N-ethyl adjacent to an activating group) is 1. The Balaban J connectivity index is 2.09. The van der Waals surface area contributed by atoms with Crippen molar-refractivity contribution in [2.45, 2.75) is 47.0 Å². The van der Waals surface area contributed by atoms with Gasteiger partial charge in [-0.15, -0.1) is 0 Å². The molecule has 7 heteroatoms. The van der Waals surface area contributed by atoms with Crippen molar-refractivity contribution in [1.29, 1.82) is 0 Å². The third-order valence-electron chi connectivity index (χ3n) is 5.82. The molecule has 0 fully saturated rings. The molecule has 0 aliphatic carbocycles. The zero-order valence-corrected chi connectivity index (χ0v) is 22.2. The summed E-state index contributed by atoms with van der Waals surface area (Å²) < 4.78 is 12.8. The number of aryl methyl sites for hydroxylation is 2. The number of allylic oxidation sites excluding steroid dienone is 4. The Morgan fingerprint density at radius 1 is 1.23 bits per heavy atom. The van der Waals surface area contributed by atoms with Crippen molar-refractivity contribution in [2.24, 2.45) is 0 Å². The minimum Gasteiger partial charge on any atom is -0.499 e. The molecule has 1 heterocycles. The second-order valence-corrected chi connectivity index (χ2v) is 8.82. The zero-order chi connectivity index (χ0) is 26.3. The van der Waals surface area contributed by atoms with E-state index in [9.17, 15) is 4.79 Å². The monoisotopic (exact) mass is 478 g/mol. The largest absolute Gasteiger partial charge is 0.499 e. The van der Waals surface area contributed by atoms with Crippen LogP contribution >= 0.6 is 0 Å². The van der Waals surface area contributed by atoms with E-state index in [2.05, 4.69) is 43.5 Å². The van der Waals surface area contributed by atoms with E-state index in [0.29, 0.717) is 11.3 Å². The Morgan fingerprint density at radius 3 is 2.46 bits per heavy atom. The number of hydrogen-bond acceptors (Lipinski definition) is 5. The van der Waals surface area contributed by atoms with E-state index in [1.54, 1.807) is 27.6 Å². The van der Waals surface area contributed by atoms with Crippen molar-refractivity contribution < 1.29 is 14.3 Å². The van der Waals surface area contributed by atoms with Crippen molar-refractivity contribution in [1.82, 2.24) is 20.0 Å². The van der Waals surface area contributed by atoms with Gasteiger partial charge in [0.2, 0.25) is 5.91 Å². The van der Waals surface area contributed by atoms with Gasteiger partial charge < -0.3 is 14.0 Å². The molecule has 0 aliphatic heterocycles. The summed E-state index contributed by atoms with van der Waals surface area (Å²) in [6, 6.07) is 4.05. The van der Waals surface area contributed by atoms with Gasteiger partial charge in [-0.25, -0.2) is 4.98 Å². The second kappa shape index (κ2) is 12.1. The normalized spacial score (nSPS) is 11.9. The van der Waals surface area contributed by atoms with Gasteiger partial charge in [0.25, 0.3) is 0 Å². The first-order valence-electron chi connectivity index (χ1n) is 11.5. The Labute approximate surface area is 209 Å². The molecule has 188 valence electrons. The molecule has 1 aromatic carbocycles. The molecule has 0 atom stereocenters. The van der Waals surface area contributed by atoms with Gasteiger partial charge >= 0.3 is 0 Å². The van der Waals surface area contributed by atoms with E-state index in [1.807, 2.05) is 49.8 Å². The summed E-state index contributed by atoms with van der Waals surface area (Å²) in [7, 11) is 4.97. The van der Waals surface area contributed by atoms with Crippen LogP contribution in [0.4, 0.5) is 0 Å². The van der Waals surface area contributed by atoms with Gasteiger partial charge in [-0.05, 0) is 61.1 Å². The molecule has 0 unspecified atom stereocenters. The summed E-state index contributed by atoms with van der Waals surface area (Å²) in [5, 5.41) is 1.44. The number of aromatic nitrogens is 2. The lowest BCUT2D eigenvalue weighted by Crippen LogP contribution is -2.40. The number of carbonyl (C=O) groups is 1. The van der Waals surface area contributed by atoms with Crippen molar-refractivity contribution in [2.75, 3.05) is 21.3 Å². The topological polar surface area (TPSA) is 68.6 Å². The lowest BCUT2D eigenvalue weighted by atomic mass is 9.95. The van der Waals surface area contributed by atoms with Crippen LogP contribution in [0.1, 0.15) is 49.1 Å². The van der Waals surface area contributed by atoms with Crippen molar-refractivity contribution in [3.63, 3.8) is 0 Å². The Kier molecular flexibility index (Phi) is 9.51. The van der Waals surface area contributed by atoms with Crippen molar-refractivity contribution in [3.05, 3.63) is 89.4 Å². The number of amides is 1. The van der Waals surface area contributed by atoms with Crippen molar-refractivity contribution >= 4 is 11.6 Å². The molecule has 0 saturated carbocycles. The first kappa shape index (κ1) is 27.5. The number of rotatable bonds is 11. The van der Waals surface area contributed by atoms with Crippen LogP contribution in [0.25, 0.3) is 5.70 Å². The highest BCUT2D eigenvalue weighted by Crippen LogP contribution is 2.30. The molecule has 2 aromatic rings. The molecule has 0 spiro atoms. The average Bonchev–Trinajstić information content (AvgIpc) is 3.24. The first-order valence-corrected chi connectivity index (χ1v) is 11.5. The zero-order valence-electron chi connectivity index (χ0n) is 22.2. The molecule has 0 saturated heterocycles. The molecule has 7 nitrogen and oxygen atoms in total. The summed E-state index contributed by atoms with van der Waals surface area (Å²) in [6.45, 7) is 18.1. The highest BCUT2D eigenvalue weighted by molar-refractivity contribution is 5.79. The number of nitrogens with one attached hydrogen (secondary N) is 1. The van der Waals surface area contributed by atoms with Gasteiger partial charge in [0, 0.05) is 13.2 Å². The highest BCUT2D eigenvalue weighted by Gasteiger charge is 2.16. The van der Waals surface area contributed by atoms with Gasteiger partial charge in [0.15, 0.2) is 0 Å². The molecular formula is C28H38N4O3. The predicted molar refractivity (Wildman–Crippen MR) is 142 cm³/mol. The molecule has 0 radical (unpaired) electrons. The Hall–Kier alpha value is -3.74. The molecule has 0 bridgehead atoms. The minimum absolute atomic E-state index is 0.0874. The fraction of sp³-hybridized carbons (Fsp3) is 0.357. The van der Waals surface area contributed by atoms with Crippen LogP contribution in [-0.2, 0) is 16.0 Å². The number of carbonyl (C=O) groups excluding carboxylic acids is 1. The molecule has 1 aromatic heterocycles. The SMILES string of the molecule is C=C(/C=C\C(=C(/C)OC)n1cnc(C)c1)C(=C)NN(C)C(=O)Cc1cc(C(C)C)c(OC)cc1C. The van der Waals surface area contributed by atoms with Gasteiger partial charge in [-0.1, -0.05) is 39.1 Å². The number of hydrazine groups is 1. The van der Waals surface area contributed by atoms with Crippen LogP contribution in [0.15, 0.2) is 67.0 Å². The summed E-state index contributed by atoms with van der Waals surface area (Å²) in [4.78, 5) is 17.2. The molecule has 1 N–H and O–H groups in total. The number of methoxy groups -OCH3 is 2. The van der Waals surface area contributed by atoms with Gasteiger partial charge in [-0.3, -0.25) is 15.2 Å². The van der Waals surface area contributed by atoms with E-state index >= 15 is 0 Å². The van der Waals surface area contributed by atoms with E-state index < -0.39 is 0 Å². The van der Waals surface area contributed by atoms with E-state index in [-0.39, 0.29) is 18.2 Å². The molecular weight excluding hydrogens is 440 g/mol. The fourth-order valence-corrected chi connectivity index (χ4v) is 3.50. The third-order valence-corrected chi connectivity index (χ3v) is 5.82. The maximum atomic E-state index is 12.9. The summed E-state index contributed by atoms with van der Waals surface area (Å²) in [5.41, 5.74) is 8.98. The number of benzene rings is 1. The number of ether oxygens (including phenoxy) is 2. The molecule has 0 aliphatic rings. The van der Waals surface area contributed by atoms with E-state index in [1.165, 1.54) is 5.01 Å². The number of nitrogens with zero attached hydrogens (tertiary/aromatic N) is 3. The van der Waals surface area contributed by atoms with E-state index in [0.717, 1.165) is 39.6 Å². The minimum atomic E-state index is -0.0874. The molecule has 2 rings (SSSR count). The lowest BCUT2D eigenvalue weighted by Gasteiger charge is -2.22. The smallest absolute Gasteiger partial charge is 0.245 e. The van der Waals surface area contributed by atoms with Gasteiger partial charge in [-0.2, -0.15) is 0 Å². The molecule has 1 amide bonds. The maximum Gasteiger partial charge on any atom is 0.245 e. The van der Waals surface area contributed by atoms with Crippen LogP contribution in [0.5, 0.6) is 5.75 Å². The van der Waals surface area contributed by atoms with Crippen LogP contribution < -0.4 is 10.2 Å². The highest BCUT2D eigenvalue weighted by atomic mass is 16.5. The van der Waals surface area contributed by atoms with E-state index in [4.69, 9.17) is 9.47 Å². The predicted octanol–water partition coefficient (Wildman–Crippen LogP) is 5.30. The van der Waals surface area contributed by atoms with Crippen LogP contribution in [0.2, 0.25) is 0 Å². The van der Waals surface area contributed by atoms with Crippen LogP contribution in [-0.4, -0.2) is 41.7 Å². The summed E-state index contributed by atoms with van der Waals surface area (Å²) in [6.07, 6.45) is 7.60. The average molecular weight is 479 g/mol. The van der Waals surface area contributed by atoms with Crippen LogP contribution in [0.3, 0.4) is 0 Å². The third kappa shape index (κ3) is 7.12. The quantitative estimate of drug-likeness (QED) is 0.270. The summed E-state index contributed by atoms with van der Waals surface area (Å²) in [5.74, 6) is 1.78. The number of imidazole rings is 1. The van der Waals surface area contributed by atoms with Crippen molar-refractivity contribution in [3.8, 4) is 5.75 Å². The van der Waals surface area contributed by atoms with Gasteiger partial charge in [0.05, 0.1) is 44.1 Å². The fourth-order valence-electron chi connectivity index (χ4n) is 3.50. The number of hydrogen-bond donors (Lipinski definition) is 1. The second-order valence-electron chi connectivity index (χ2n) is 8.82.